The van der Waals surface area contributed by atoms with Gasteiger partial charge in [0.25, 0.3) is 0 Å². The topological polar surface area (TPSA) is 35.5 Å². The Bertz CT molecular complexity index is 583. The summed E-state index contributed by atoms with van der Waals surface area (Å²) in [5.41, 5.74) is 2.72. The number of rotatable bonds is 5. The molecule has 0 unspecified atom stereocenters. The summed E-state index contributed by atoms with van der Waals surface area (Å²) in [4.78, 5) is 12.0. The van der Waals surface area contributed by atoms with E-state index in [-0.39, 0.29) is 12.6 Å². The smallest absolute Gasteiger partial charge is 0.338 e. The molecule has 0 saturated carbocycles. The molecular formula is C18H20O3. The molecule has 0 N–H and O–H groups in total. The maximum atomic E-state index is 12.0. The molecule has 0 aromatic heterocycles. The van der Waals surface area contributed by atoms with E-state index in [0.29, 0.717) is 11.5 Å². The van der Waals surface area contributed by atoms with Gasteiger partial charge in [0.15, 0.2) is 0 Å². The molecular weight excluding hydrogens is 264 g/mol. The Morgan fingerprint density at radius 2 is 1.62 bits per heavy atom. The number of methoxy groups -OCH3 is 1. The van der Waals surface area contributed by atoms with Crippen LogP contribution in [0.5, 0.6) is 5.75 Å². The van der Waals surface area contributed by atoms with Gasteiger partial charge < -0.3 is 9.47 Å². The van der Waals surface area contributed by atoms with Crippen LogP contribution in [0.3, 0.4) is 0 Å². The van der Waals surface area contributed by atoms with Crippen LogP contribution in [0.25, 0.3) is 0 Å². The van der Waals surface area contributed by atoms with Gasteiger partial charge in [-0.1, -0.05) is 38.1 Å². The van der Waals surface area contributed by atoms with Crippen molar-refractivity contribution in [3.05, 3.63) is 65.2 Å². The van der Waals surface area contributed by atoms with Crippen LogP contribution in [0.2, 0.25) is 0 Å². The van der Waals surface area contributed by atoms with E-state index in [9.17, 15) is 4.79 Å². The number of hydrogen-bond donors (Lipinski definition) is 0. The van der Waals surface area contributed by atoms with Crippen LogP contribution in [-0.2, 0) is 11.3 Å². The molecule has 3 heteroatoms. The average molecular weight is 284 g/mol. The lowest BCUT2D eigenvalue weighted by Crippen LogP contribution is -2.05. The lowest BCUT2D eigenvalue weighted by Gasteiger charge is -2.08. The molecule has 0 saturated heterocycles. The zero-order valence-electron chi connectivity index (χ0n) is 12.6. The van der Waals surface area contributed by atoms with Crippen molar-refractivity contribution < 1.29 is 14.3 Å². The fourth-order valence-electron chi connectivity index (χ4n) is 1.96. The highest BCUT2D eigenvalue weighted by atomic mass is 16.5. The van der Waals surface area contributed by atoms with Crippen molar-refractivity contribution in [1.82, 2.24) is 0 Å². The summed E-state index contributed by atoms with van der Waals surface area (Å²) in [7, 11) is 1.62. The van der Waals surface area contributed by atoms with Crippen LogP contribution in [-0.4, -0.2) is 13.1 Å². The predicted molar refractivity (Wildman–Crippen MR) is 82.6 cm³/mol. The molecule has 2 aromatic carbocycles. The molecule has 0 aliphatic carbocycles. The summed E-state index contributed by atoms with van der Waals surface area (Å²) in [6, 6.07) is 15.0. The second-order valence-electron chi connectivity index (χ2n) is 5.20. The monoisotopic (exact) mass is 284 g/mol. The Balaban J connectivity index is 1.94. The molecule has 3 nitrogen and oxygen atoms in total. The van der Waals surface area contributed by atoms with Crippen molar-refractivity contribution in [2.45, 2.75) is 26.4 Å². The van der Waals surface area contributed by atoms with Crippen LogP contribution in [0.15, 0.2) is 48.5 Å². The van der Waals surface area contributed by atoms with E-state index in [1.165, 1.54) is 5.56 Å². The first-order valence-electron chi connectivity index (χ1n) is 7.00. The summed E-state index contributed by atoms with van der Waals surface area (Å²) in [5, 5.41) is 0. The van der Waals surface area contributed by atoms with Crippen LogP contribution in [0, 0.1) is 0 Å². The standard InChI is InChI=1S/C18H20O3/c1-13(2)15-6-8-16(9-7-15)18(19)21-12-14-4-10-17(20-3)11-5-14/h4-11,13H,12H2,1-3H3. The third kappa shape index (κ3) is 4.09. The van der Waals surface area contributed by atoms with E-state index in [1.807, 2.05) is 48.5 Å². The number of ether oxygens (including phenoxy) is 2. The number of carbonyl (C=O) groups is 1. The lowest BCUT2D eigenvalue weighted by molar-refractivity contribution is 0.0472. The molecule has 0 amide bonds. The highest BCUT2D eigenvalue weighted by molar-refractivity contribution is 5.89. The molecule has 2 rings (SSSR count). The number of hydrogen-bond acceptors (Lipinski definition) is 3. The fourth-order valence-corrected chi connectivity index (χ4v) is 1.96. The highest BCUT2D eigenvalue weighted by Crippen LogP contribution is 2.16. The molecule has 0 heterocycles. The van der Waals surface area contributed by atoms with E-state index in [2.05, 4.69) is 13.8 Å². The van der Waals surface area contributed by atoms with Crippen molar-refractivity contribution >= 4 is 5.97 Å². The number of carbonyl (C=O) groups excluding carboxylic acids is 1. The molecule has 0 fully saturated rings. The van der Waals surface area contributed by atoms with E-state index < -0.39 is 0 Å². The summed E-state index contributed by atoms with van der Waals surface area (Å²) in [5.74, 6) is 0.935. The Kier molecular flexibility index (Phi) is 4.99. The third-order valence-corrected chi connectivity index (χ3v) is 3.34. The number of esters is 1. The minimum atomic E-state index is -0.305. The summed E-state index contributed by atoms with van der Waals surface area (Å²) in [6.45, 7) is 4.50. The second kappa shape index (κ2) is 6.93. The summed E-state index contributed by atoms with van der Waals surface area (Å²) in [6.07, 6.45) is 0. The molecule has 0 spiro atoms. The van der Waals surface area contributed by atoms with Crippen molar-refractivity contribution in [2.75, 3.05) is 7.11 Å². The largest absolute Gasteiger partial charge is 0.497 e. The van der Waals surface area contributed by atoms with Crippen LogP contribution in [0.1, 0.15) is 41.3 Å². The summed E-state index contributed by atoms with van der Waals surface area (Å²) < 4.78 is 10.4. The van der Waals surface area contributed by atoms with Gasteiger partial charge in [-0.2, -0.15) is 0 Å². The van der Waals surface area contributed by atoms with Gasteiger partial charge in [-0.15, -0.1) is 0 Å². The summed E-state index contributed by atoms with van der Waals surface area (Å²) >= 11 is 0. The molecule has 0 bridgehead atoms. The molecule has 0 aliphatic heterocycles. The lowest BCUT2D eigenvalue weighted by atomic mass is 10.0. The zero-order chi connectivity index (χ0) is 15.2. The van der Waals surface area contributed by atoms with Gasteiger partial charge >= 0.3 is 5.97 Å². The van der Waals surface area contributed by atoms with Crippen LogP contribution >= 0.6 is 0 Å². The van der Waals surface area contributed by atoms with E-state index >= 15 is 0 Å². The first-order chi connectivity index (χ1) is 10.1. The minimum absolute atomic E-state index is 0.259. The molecule has 110 valence electrons. The molecule has 21 heavy (non-hydrogen) atoms. The minimum Gasteiger partial charge on any atom is -0.497 e. The van der Waals surface area contributed by atoms with Gasteiger partial charge in [-0.3, -0.25) is 0 Å². The van der Waals surface area contributed by atoms with Crippen molar-refractivity contribution in [1.29, 1.82) is 0 Å². The maximum absolute atomic E-state index is 12.0. The fraction of sp³-hybridized carbons (Fsp3) is 0.278. The van der Waals surface area contributed by atoms with Crippen molar-refractivity contribution in [3.8, 4) is 5.75 Å². The van der Waals surface area contributed by atoms with Crippen LogP contribution < -0.4 is 4.74 Å². The Labute approximate surface area is 125 Å². The van der Waals surface area contributed by atoms with Crippen LogP contribution in [0.4, 0.5) is 0 Å². The van der Waals surface area contributed by atoms with E-state index in [1.54, 1.807) is 7.11 Å². The van der Waals surface area contributed by atoms with Gasteiger partial charge in [-0.05, 0) is 41.3 Å². The highest BCUT2D eigenvalue weighted by Gasteiger charge is 2.08. The van der Waals surface area contributed by atoms with Crippen molar-refractivity contribution in [2.24, 2.45) is 0 Å². The number of benzene rings is 2. The molecule has 0 radical (unpaired) electrons. The molecule has 0 atom stereocenters. The Hall–Kier alpha value is -2.29. The normalized spacial score (nSPS) is 10.5. The van der Waals surface area contributed by atoms with Gasteiger partial charge in [0.2, 0.25) is 0 Å². The van der Waals surface area contributed by atoms with Gasteiger partial charge in [-0.25, -0.2) is 4.79 Å². The van der Waals surface area contributed by atoms with Gasteiger partial charge in [0, 0.05) is 0 Å². The van der Waals surface area contributed by atoms with Gasteiger partial charge in [0.1, 0.15) is 12.4 Å². The predicted octanol–water partition coefficient (Wildman–Crippen LogP) is 4.18. The Morgan fingerprint density at radius 3 is 2.14 bits per heavy atom. The first-order valence-corrected chi connectivity index (χ1v) is 7.00. The van der Waals surface area contributed by atoms with Gasteiger partial charge in [0.05, 0.1) is 12.7 Å². The first kappa shape index (κ1) is 15.1. The quantitative estimate of drug-likeness (QED) is 0.773. The SMILES string of the molecule is COc1ccc(COC(=O)c2ccc(C(C)C)cc2)cc1. The van der Waals surface area contributed by atoms with Crippen molar-refractivity contribution in [3.63, 3.8) is 0 Å². The molecule has 0 aliphatic rings. The van der Waals surface area contributed by atoms with E-state index in [4.69, 9.17) is 9.47 Å². The third-order valence-electron chi connectivity index (χ3n) is 3.34. The Morgan fingerprint density at radius 1 is 1.00 bits per heavy atom. The second-order valence-corrected chi connectivity index (χ2v) is 5.20. The maximum Gasteiger partial charge on any atom is 0.338 e. The van der Waals surface area contributed by atoms with E-state index in [0.717, 1.165) is 11.3 Å². The molecule has 2 aromatic rings. The zero-order valence-corrected chi connectivity index (χ0v) is 12.6. The average Bonchev–Trinajstić information content (AvgIpc) is 2.53.